The lowest BCUT2D eigenvalue weighted by Gasteiger charge is -2.01. The fraction of sp³-hybridized carbons (Fsp3) is 0.111. The van der Waals surface area contributed by atoms with Crippen molar-refractivity contribution in [3.8, 4) is 19.5 Å². The van der Waals surface area contributed by atoms with E-state index in [9.17, 15) is 9.59 Å². The number of esters is 2. The van der Waals surface area contributed by atoms with E-state index in [1.807, 2.05) is 35.0 Å². The van der Waals surface area contributed by atoms with Gasteiger partial charge < -0.3 is 9.47 Å². The molecule has 0 aliphatic carbocycles. The Morgan fingerprint density at radius 1 is 0.769 bits per heavy atom. The highest BCUT2D eigenvalue weighted by molar-refractivity contribution is 7.34. The minimum atomic E-state index is -0.393. The summed E-state index contributed by atoms with van der Waals surface area (Å²) in [5.74, 6) is -0.787. The van der Waals surface area contributed by atoms with Crippen molar-refractivity contribution >= 4 is 66.7 Å². The van der Waals surface area contributed by atoms with E-state index in [0.717, 1.165) is 28.9 Å². The number of hydrogen-bond acceptors (Lipinski definition) is 8. The molecule has 0 aromatic carbocycles. The average Bonchev–Trinajstić information content (AvgIpc) is 3.42. The third-order valence-electron chi connectivity index (χ3n) is 3.79. The molecule has 0 atom stereocenters. The number of carbonyl (C=O) groups excluding carboxylic acids is 2. The van der Waals surface area contributed by atoms with Crippen LogP contribution < -0.4 is 0 Å². The monoisotopic (exact) mass is 420 g/mol. The SMILES string of the molecule is COC(=O)c1c(-c2cccs2)sc2c(C(=O)OC)c(-c3cccs3)sc12. The fourth-order valence-corrected chi connectivity index (χ4v) is 7.21. The first kappa shape index (κ1) is 17.4. The molecule has 26 heavy (non-hydrogen) atoms. The van der Waals surface area contributed by atoms with E-state index >= 15 is 0 Å². The molecule has 4 rings (SSSR count). The quantitative estimate of drug-likeness (QED) is 0.380. The van der Waals surface area contributed by atoms with E-state index in [-0.39, 0.29) is 0 Å². The molecule has 4 nitrogen and oxygen atoms in total. The molecule has 0 amide bonds. The molecule has 4 aromatic rings. The Morgan fingerprint density at radius 3 is 1.50 bits per heavy atom. The van der Waals surface area contributed by atoms with Crippen LogP contribution in [0.25, 0.3) is 28.9 Å². The smallest absolute Gasteiger partial charge is 0.340 e. The van der Waals surface area contributed by atoms with Gasteiger partial charge in [0, 0.05) is 9.75 Å². The summed E-state index contributed by atoms with van der Waals surface area (Å²) >= 11 is 5.98. The minimum Gasteiger partial charge on any atom is -0.465 e. The first-order valence-electron chi connectivity index (χ1n) is 7.49. The summed E-state index contributed by atoms with van der Waals surface area (Å²) in [7, 11) is 2.75. The van der Waals surface area contributed by atoms with Crippen LogP contribution in [0, 0.1) is 0 Å². The van der Waals surface area contributed by atoms with Gasteiger partial charge in [0.2, 0.25) is 0 Å². The number of fused-ring (bicyclic) bond motifs is 1. The molecule has 4 aromatic heterocycles. The summed E-state index contributed by atoms with van der Waals surface area (Å²) in [4.78, 5) is 28.7. The number of carbonyl (C=O) groups is 2. The van der Waals surface area contributed by atoms with Crippen molar-refractivity contribution in [1.82, 2.24) is 0 Å². The van der Waals surface area contributed by atoms with Crippen molar-refractivity contribution in [1.29, 1.82) is 0 Å². The molecule has 4 heterocycles. The molecule has 0 aliphatic heterocycles. The van der Waals surface area contributed by atoms with E-state index < -0.39 is 11.9 Å². The molecule has 0 N–H and O–H groups in total. The molecule has 0 fully saturated rings. The second-order valence-electron chi connectivity index (χ2n) is 5.21. The van der Waals surface area contributed by atoms with Gasteiger partial charge in [0.05, 0.1) is 44.5 Å². The van der Waals surface area contributed by atoms with Crippen LogP contribution in [-0.2, 0) is 9.47 Å². The summed E-state index contributed by atoms with van der Waals surface area (Å²) < 4.78 is 11.6. The van der Waals surface area contributed by atoms with Gasteiger partial charge in [-0.15, -0.1) is 45.3 Å². The van der Waals surface area contributed by atoms with Gasteiger partial charge in [-0.3, -0.25) is 0 Å². The first-order chi connectivity index (χ1) is 12.7. The van der Waals surface area contributed by atoms with Crippen molar-refractivity contribution < 1.29 is 19.1 Å². The molecule has 8 heteroatoms. The number of thiophene rings is 4. The predicted octanol–water partition coefficient (Wildman–Crippen LogP) is 5.99. The van der Waals surface area contributed by atoms with Crippen molar-refractivity contribution in [2.75, 3.05) is 14.2 Å². The van der Waals surface area contributed by atoms with Gasteiger partial charge in [-0.05, 0) is 22.9 Å². The second-order valence-corrected chi connectivity index (χ2v) is 9.15. The average molecular weight is 421 g/mol. The van der Waals surface area contributed by atoms with Crippen LogP contribution in [-0.4, -0.2) is 26.2 Å². The Kier molecular flexibility index (Phi) is 4.66. The summed E-state index contributed by atoms with van der Waals surface area (Å²) in [6.07, 6.45) is 0. The van der Waals surface area contributed by atoms with Crippen LogP contribution in [0.4, 0.5) is 0 Å². The molecule has 0 saturated heterocycles. The third-order valence-corrected chi connectivity index (χ3v) is 8.44. The maximum atomic E-state index is 12.5. The number of hydrogen-bond donors (Lipinski definition) is 0. The molecular weight excluding hydrogens is 408 g/mol. The van der Waals surface area contributed by atoms with Gasteiger partial charge in [0.15, 0.2) is 0 Å². The van der Waals surface area contributed by atoms with Gasteiger partial charge in [0.1, 0.15) is 0 Å². The number of ether oxygens (including phenoxy) is 2. The van der Waals surface area contributed by atoms with Crippen LogP contribution in [0.2, 0.25) is 0 Å². The van der Waals surface area contributed by atoms with E-state index in [4.69, 9.17) is 9.47 Å². The standard InChI is InChI=1S/C18H12O4S4/c1-21-17(19)11-13(9-5-3-7-23-9)25-16-12(18(20)22-2)14(26-15(11)16)10-6-4-8-24-10/h3-8H,1-2H3. The van der Waals surface area contributed by atoms with E-state index in [0.29, 0.717) is 11.1 Å². The molecular formula is C18H12O4S4. The lowest BCUT2D eigenvalue weighted by molar-refractivity contribution is 0.0594. The summed E-state index contributed by atoms with van der Waals surface area (Å²) in [6, 6.07) is 7.80. The van der Waals surface area contributed by atoms with Crippen molar-refractivity contribution in [3.63, 3.8) is 0 Å². The maximum Gasteiger partial charge on any atom is 0.340 e. The highest BCUT2D eigenvalue weighted by Gasteiger charge is 2.30. The van der Waals surface area contributed by atoms with Gasteiger partial charge >= 0.3 is 11.9 Å². The molecule has 0 unspecified atom stereocenters. The summed E-state index contributed by atoms with van der Waals surface area (Å²) in [5.41, 5.74) is 1.04. The maximum absolute atomic E-state index is 12.5. The van der Waals surface area contributed by atoms with E-state index in [1.54, 1.807) is 22.7 Å². The predicted molar refractivity (Wildman–Crippen MR) is 109 cm³/mol. The zero-order chi connectivity index (χ0) is 18.3. The Bertz CT molecular complexity index is 996. The molecule has 0 aliphatic rings. The van der Waals surface area contributed by atoms with Crippen LogP contribution in [0.5, 0.6) is 0 Å². The van der Waals surface area contributed by atoms with Crippen molar-refractivity contribution in [2.45, 2.75) is 0 Å². The zero-order valence-electron chi connectivity index (χ0n) is 13.7. The minimum absolute atomic E-state index is 0.393. The number of rotatable bonds is 4. The number of methoxy groups -OCH3 is 2. The van der Waals surface area contributed by atoms with Crippen LogP contribution in [0.1, 0.15) is 20.7 Å². The van der Waals surface area contributed by atoms with Crippen LogP contribution >= 0.6 is 45.3 Å². The third kappa shape index (κ3) is 2.69. The topological polar surface area (TPSA) is 52.6 Å². The normalized spacial score (nSPS) is 11.0. The molecule has 132 valence electrons. The summed E-state index contributed by atoms with van der Waals surface area (Å²) in [5, 5.41) is 3.92. The van der Waals surface area contributed by atoms with Crippen molar-refractivity contribution in [3.05, 3.63) is 46.2 Å². The van der Waals surface area contributed by atoms with Gasteiger partial charge in [-0.1, -0.05) is 12.1 Å². The molecule has 0 saturated carbocycles. The Labute approximate surface area is 165 Å². The lowest BCUT2D eigenvalue weighted by atomic mass is 10.2. The van der Waals surface area contributed by atoms with Gasteiger partial charge in [0.25, 0.3) is 0 Å². The summed E-state index contributed by atoms with van der Waals surface area (Å²) in [6.45, 7) is 0. The molecule has 0 bridgehead atoms. The zero-order valence-corrected chi connectivity index (χ0v) is 17.0. The molecule has 0 radical (unpaired) electrons. The van der Waals surface area contributed by atoms with E-state index in [1.165, 1.54) is 36.9 Å². The largest absolute Gasteiger partial charge is 0.465 e. The first-order valence-corrected chi connectivity index (χ1v) is 10.9. The second kappa shape index (κ2) is 6.96. The highest BCUT2D eigenvalue weighted by Crippen LogP contribution is 2.50. The van der Waals surface area contributed by atoms with Crippen molar-refractivity contribution in [2.24, 2.45) is 0 Å². The van der Waals surface area contributed by atoms with Crippen LogP contribution in [0.15, 0.2) is 35.0 Å². The van der Waals surface area contributed by atoms with Gasteiger partial charge in [-0.2, -0.15) is 0 Å². The fourth-order valence-electron chi connectivity index (χ4n) is 2.67. The Hall–Kier alpha value is -2.00. The van der Waals surface area contributed by atoms with E-state index in [2.05, 4.69) is 0 Å². The highest BCUT2D eigenvalue weighted by atomic mass is 32.1. The van der Waals surface area contributed by atoms with Crippen LogP contribution in [0.3, 0.4) is 0 Å². The molecule has 0 spiro atoms. The van der Waals surface area contributed by atoms with Gasteiger partial charge in [-0.25, -0.2) is 9.59 Å². The Balaban J connectivity index is 2.07. The Morgan fingerprint density at radius 2 is 1.19 bits per heavy atom. The lowest BCUT2D eigenvalue weighted by Crippen LogP contribution is -2.01.